The summed E-state index contributed by atoms with van der Waals surface area (Å²) in [7, 11) is 0. The fourth-order valence-electron chi connectivity index (χ4n) is 7.55. The van der Waals surface area contributed by atoms with E-state index in [4.69, 9.17) is 4.74 Å². The zero-order chi connectivity index (χ0) is 31.0. The summed E-state index contributed by atoms with van der Waals surface area (Å²) in [6.45, 7) is 7.13. The molecule has 1 N–H and O–H groups in total. The highest BCUT2D eigenvalue weighted by molar-refractivity contribution is 8.02. The van der Waals surface area contributed by atoms with Gasteiger partial charge in [0, 0.05) is 30.1 Å². The molecular weight excluding hydrogens is 574 g/mol. The number of fused-ring (bicyclic) bond motifs is 2. The molecule has 0 aromatic heterocycles. The fourth-order valence-corrected chi connectivity index (χ4v) is 9.54. The number of carbonyl (C=O) groups excluding carboxylic acids is 3. The number of aliphatic hydroxyl groups excluding tert-OH is 1. The van der Waals surface area contributed by atoms with Crippen LogP contribution in [0.3, 0.4) is 0 Å². The molecule has 44 heavy (non-hydrogen) atoms. The predicted octanol–water partition coefficient (Wildman–Crippen LogP) is 4.61. The second-order valence-electron chi connectivity index (χ2n) is 12.0. The van der Waals surface area contributed by atoms with Crippen molar-refractivity contribution in [1.29, 1.82) is 0 Å². The van der Waals surface area contributed by atoms with Gasteiger partial charge in [0.1, 0.15) is 11.8 Å². The van der Waals surface area contributed by atoms with Crippen LogP contribution in [-0.2, 0) is 14.4 Å². The smallest absolute Gasteiger partial charge is 0.247 e. The maximum Gasteiger partial charge on any atom is 0.247 e. The minimum absolute atomic E-state index is 0.0128. The van der Waals surface area contributed by atoms with Crippen LogP contribution in [0.4, 0.5) is 5.69 Å². The van der Waals surface area contributed by atoms with Crippen LogP contribution < -0.4 is 9.64 Å². The zero-order valence-corrected chi connectivity index (χ0v) is 26.4. The molecule has 7 atom stereocenters. The van der Waals surface area contributed by atoms with Gasteiger partial charge in [0.25, 0.3) is 0 Å². The third-order valence-corrected chi connectivity index (χ3v) is 11.3. The second kappa shape index (κ2) is 12.4. The van der Waals surface area contributed by atoms with E-state index in [2.05, 4.69) is 13.8 Å². The van der Waals surface area contributed by atoms with E-state index in [9.17, 15) is 19.5 Å². The minimum Gasteiger partial charge on any atom is -0.494 e. The Labute approximate surface area is 263 Å². The number of aliphatic hydroxyl groups is 1. The number of anilines is 1. The number of thioether (sulfide) groups is 1. The van der Waals surface area contributed by atoms with Gasteiger partial charge in [-0.2, -0.15) is 0 Å². The van der Waals surface area contributed by atoms with Crippen molar-refractivity contribution in [3.05, 3.63) is 84.5 Å². The van der Waals surface area contributed by atoms with E-state index in [1.165, 1.54) is 0 Å². The van der Waals surface area contributed by atoms with E-state index in [1.807, 2.05) is 90.7 Å². The molecule has 4 heterocycles. The van der Waals surface area contributed by atoms with Crippen LogP contribution in [0, 0.1) is 11.8 Å². The summed E-state index contributed by atoms with van der Waals surface area (Å²) in [5.41, 5.74) is 1.50. The highest BCUT2D eigenvalue weighted by Gasteiger charge is 2.72. The first-order valence-corrected chi connectivity index (χ1v) is 16.6. The van der Waals surface area contributed by atoms with Crippen molar-refractivity contribution >= 4 is 35.2 Å². The van der Waals surface area contributed by atoms with Gasteiger partial charge < -0.3 is 24.5 Å². The van der Waals surface area contributed by atoms with E-state index in [1.54, 1.807) is 21.6 Å². The van der Waals surface area contributed by atoms with Gasteiger partial charge in [-0.1, -0.05) is 68.0 Å². The summed E-state index contributed by atoms with van der Waals surface area (Å²) in [6.07, 6.45) is 9.87. The third-order valence-electron chi connectivity index (χ3n) is 9.52. The molecule has 1 spiro atoms. The summed E-state index contributed by atoms with van der Waals surface area (Å²) in [6, 6.07) is 15.3. The van der Waals surface area contributed by atoms with Gasteiger partial charge in [0.15, 0.2) is 0 Å². The van der Waals surface area contributed by atoms with E-state index in [-0.39, 0.29) is 35.6 Å². The quantitative estimate of drug-likeness (QED) is 0.415. The summed E-state index contributed by atoms with van der Waals surface area (Å²) in [4.78, 5) is 49.3. The van der Waals surface area contributed by atoms with Crippen LogP contribution >= 0.6 is 11.8 Å². The topological polar surface area (TPSA) is 90.4 Å². The summed E-state index contributed by atoms with van der Waals surface area (Å²) < 4.78 is 4.66. The zero-order valence-electron chi connectivity index (χ0n) is 25.5. The van der Waals surface area contributed by atoms with Crippen molar-refractivity contribution in [1.82, 2.24) is 9.80 Å². The molecule has 4 aliphatic rings. The SMILES string of the molecule is CCCC(C)N1CC=C[C@]23S[C@H]4C=CCN(c5ccc(OCC)cc5)C(=O)[C@H]4[C@H]2C(=O)N([C@H](CO)c2ccccc2)C3C1=O. The van der Waals surface area contributed by atoms with Gasteiger partial charge in [-0.15, -0.1) is 11.8 Å². The van der Waals surface area contributed by atoms with Crippen LogP contribution in [-0.4, -0.2) is 81.0 Å². The molecule has 2 saturated heterocycles. The number of hydrogen-bond acceptors (Lipinski definition) is 6. The Morgan fingerprint density at radius 1 is 0.977 bits per heavy atom. The van der Waals surface area contributed by atoms with Crippen LogP contribution in [0.2, 0.25) is 0 Å². The lowest BCUT2D eigenvalue weighted by molar-refractivity contribution is -0.146. The van der Waals surface area contributed by atoms with Crippen molar-refractivity contribution in [2.24, 2.45) is 11.8 Å². The maximum atomic E-state index is 14.8. The molecule has 3 amide bonds. The lowest BCUT2D eigenvalue weighted by Gasteiger charge is -2.40. The number of carbonyl (C=O) groups is 3. The van der Waals surface area contributed by atoms with E-state index in [0.29, 0.717) is 19.7 Å². The van der Waals surface area contributed by atoms with Crippen molar-refractivity contribution in [3.63, 3.8) is 0 Å². The predicted molar refractivity (Wildman–Crippen MR) is 172 cm³/mol. The highest BCUT2D eigenvalue weighted by Crippen LogP contribution is 2.62. The Bertz CT molecular complexity index is 1450. The highest BCUT2D eigenvalue weighted by atomic mass is 32.2. The lowest BCUT2D eigenvalue weighted by Crippen LogP contribution is -2.55. The normalized spacial score (nSPS) is 29.2. The van der Waals surface area contributed by atoms with Gasteiger partial charge in [0.05, 0.1) is 35.8 Å². The molecule has 2 aromatic carbocycles. The Morgan fingerprint density at radius 2 is 1.73 bits per heavy atom. The van der Waals surface area contributed by atoms with Gasteiger partial charge >= 0.3 is 0 Å². The number of likely N-dealkylation sites (tertiary alicyclic amines) is 1. The van der Waals surface area contributed by atoms with E-state index >= 15 is 0 Å². The first-order chi connectivity index (χ1) is 21.4. The molecule has 2 fully saturated rings. The first kappa shape index (κ1) is 30.5. The van der Waals surface area contributed by atoms with Gasteiger partial charge in [-0.25, -0.2) is 0 Å². The molecule has 0 radical (unpaired) electrons. The minimum atomic E-state index is -0.950. The van der Waals surface area contributed by atoms with Crippen LogP contribution in [0.15, 0.2) is 78.9 Å². The lowest BCUT2D eigenvalue weighted by atomic mass is 9.78. The largest absolute Gasteiger partial charge is 0.494 e. The van der Waals surface area contributed by atoms with Crippen molar-refractivity contribution in [2.45, 2.75) is 61.7 Å². The average molecular weight is 616 g/mol. The second-order valence-corrected chi connectivity index (χ2v) is 13.5. The first-order valence-electron chi connectivity index (χ1n) is 15.7. The summed E-state index contributed by atoms with van der Waals surface area (Å²) >= 11 is 1.56. The Morgan fingerprint density at radius 3 is 2.41 bits per heavy atom. The number of nitrogens with zero attached hydrogens (tertiary/aromatic N) is 3. The molecule has 0 saturated carbocycles. The number of ether oxygens (including phenoxy) is 1. The Kier molecular flexibility index (Phi) is 8.61. The number of hydrogen-bond donors (Lipinski definition) is 1. The van der Waals surface area contributed by atoms with Crippen molar-refractivity contribution < 1.29 is 24.2 Å². The number of rotatable bonds is 9. The fraction of sp³-hybridized carbons (Fsp3) is 0.457. The van der Waals surface area contributed by atoms with Crippen LogP contribution in [0.5, 0.6) is 5.75 Å². The molecule has 8 nitrogen and oxygen atoms in total. The van der Waals surface area contributed by atoms with E-state index in [0.717, 1.165) is 29.8 Å². The molecule has 4 aliphatic heterocycles. The molecule has 9 heteroatoms. The Hall–Kier alpha value is -3.56. The maximum absolute atomic E-state index is 14.8. The molecular formula is C35H41N3O5S. The van der Waals surface area contributed by atoms with E-state index < -0.39 is 28.7 Å². The molecule has 2 unspecified atom stereocenters. The molecule has 232 valence electrons. The average Bonchev–Trinajstić information content (AvgIpc) is 3.34. The Balaban J connectivity index is 1.45. The van der Waals surface area contributed by atoms with Gasteiger partial charge in [-0.3, -0.25) is 14.4 Å². The number of amides is 3. The molecule has 2 aromatic rings. The summed E-state index contributed by atoms with van der Waals surface area (Å²) in [5, 5.41) is 10.5. The van der Waals surface area contributed by atoms with Gasteiger partial charge in [-0.05, 0) is 50.1 Å². The monoisotopic (exact) mass is 615 g/mol. The standard InChI is InChI=1S/C35H41N3O5S/c1-4-11-23(3)36-21-10-19-35-30(33(41)38(31(35)34(36)42)27(22-39)24-12-7-6-8-13-24)29-28(44-35)14-9-20-37(32(29)40)25-15-17-26(18-16-25)43-5-2/h6-10,12-19,23,27-31,39H,4-5,11,20-22H2,1-3H3/t23?,27-,28+,29-,30+,31?,35+/m1/s1. The summed E-state index contributed by atoms with van der Waals surface area (Å²) in [5.74, 6) is -1.21. The molecule has 0 aliphatic carbocycles. The van der Waals surface area contributed by atoms with Crippen LogP contribution in [0.1, 0.15) is 45.2 Å². The molecule has 6 rings (SSSR count). The van der Waals surface area contributed by atoms with Crippen molar-refractivity contribution in [3.8, 4) is 5.75 Å². The number of benzene rings is 2. The third kappa shape index (κ3) is 4.94. The molecule has 0 bridgehead atoms. The van der Waals surface area contributed by atoms with Gasteiger partial charge in [0.2, 0.25) is 17.7 Å². The van der Waals surface area contributed by atoms with Crippen molar-refractivity contribution in [2.75, 3.05) is 31.2 Å². The van der Waals surface area contributed by atoms with Crippen LogP contribution in [0.25, 0.3) is 0 Å².